The number of amides is 3. The topological polar surface area (TPSA) is 142 Å². The fourth-order valence-electron chi connectivity index (χ4n) is 11.9. The fraction of sp³-hybridized carbons (Fsp3) is 0.508. The number of nitrogens with zero attached hydrogens (tertiary/aromatic N) is 8. The minimum atomic E-state index is -1.21. The molecule has 0 saturated carbocycles. The number of ether oxygens (including phenoxy) is 2. The molecule has 3 amide bonds. The van der Waals surface area contributed by atoms with Crippen LogP contribution in [0.4, 0.5) is 15.8 Å². The lowest BCUT2D eigenvalue weighted by molar-refractivity contribution is -0.133. The molecule has 0 aliphatic carbocycles. The van der Waals surface area contributed by atoms with Gasteiger partial charge in [0, 0.05) is 116 Å². The van der Waals surface area contributed by atoms with E-state index in [4.69, 9.17) is 19.4 Å². The number of aryl methyl sites for hydroxylation is 1. The number of nitrogens with one attached hydrogen (secondary N) is 2. The number of piperidine rings is 3. The number of fused-ring (bicyclic) bond motifs is 2. The molecule has 4 fully saturated rings. The van der Waals surface area contributed by atoms with E-state index in [1.165, 1.54) is 17.3 Å². The van der Waals surface area contributed by atoms with Gasteiger partial charge in [-0.25, -0.2) is 14.4 Å². The lowest BCUT2D eigenvalue weighted by Gasteiger charge is -2.39. The van der Waals surface area contributed by atoms with Gasteiger partial charge in [-0.3, -0.25) is 29.5 Å². The van der Waals surface area contributed by atoms with Crippen molar-refractivity contribution in [2.24, 2.45) is 13.0 Å². The maximum absolute atomic E-state index is 15.3. The summed E-state index contributed by atoms with van der Waals surface area (Å²) in [6.07, 6.45) is 6.46. The van der Waals surface area contributed by atoms with E-state index in [1.807, 2.05) is 30.2 Å². The van der Waals surface area contributed by atoms with Crippen LogP contribution in [0.15, 0.2) is 79.0 Å². The molecule has 4 aliphatic rings. The van der Waals surface area contributed by atoms with E-state index in [0.717, 1.165) is 142 Å². The number of methoxy groups -OCH3 is 1. The molecule has 6 aromatic rings. The molecular weight excluding hydrogens is 976 g/mol. The number of halogens is 1. The standard InChI is InChI=1S/C59H77FN10O5Si/c1-39(54-36-48-47(18-23-61-57(48)65(54)3)45-12-15-53-51(34-45)63-56(40(2)74-4)70(53)38-75-32-33-76(5,6)7)67-26-21-43(22-27-67)42-8-10-44(11-9-42)59(73)69-24-19-41(20-25-69)37-66-28-30-68(31-29-66)52-16-13-46(35-49(52)60)62-50-14-17-55(71)64-58(50)72/h8-13,15-16,18,23,34-36,39-41,43,50,62H,14,17,19-22,24-33,37-38H2,1-7H3,(H,64,71,72)/t39-,40-,50?/m0/s1. The van der Waals surface area contributed by atoms with Crippen molar-refractivity contribution in [1.29, 1.82) is 0 Å². The van der Waals surface area contributed by atoms with Crippen molar-refractivity contribution in [1.82, 2.24) is 39.1 Å². The van der Waals surface area contributed by atoms with Gasteiger partial charge in [-0.15, -0.1) is 0 Å². The van der Waals surface area contributed by atoms with E-state index < -0.39 is 14.1 Å². The van der Waals surface area contributed by atoms with Crippen molar-refractivity contribution in [2.45, 2.75) is 109 Å². The maximum atomic E-state index is 15.3. The number of likely N-dealkylation sites (tertiary alicyclic amines) is 2. The Morgan fingerprint density at radius 2 is 1.63 bits per heavy atom. The zero-order valence-corrected chi connectivity index (χ0v) is 46.6. The Kier molecular flexibility index (Phi) is 16.1. The number of carbonyl (C=O) groups is 3. The van der Waals surface area contributed by atoms with Crippen LogP contribution in [0, 0.1) is 11.7 Å². The quantitative estimate of drug-likeness (QED) is 0.0513. The van der Waals surface area contributed by atoms with Crippen LogP contribution in [-0.4, -0.2) is 138 Å². The van der Waals surface area contributed by atoms with Crippen LogP contribution in [-0.2, 0) is 32.8 Å². The summed E-state index contributed by atoms with van der Waals surface area (Å²) in [6, 6.07) is 25.2. The van der Waals surface area contributed by atoms with Gasteiger partial charge in [-0.05, 0) is 148 Å². The number of imidazole rings is 1. The number of pyridine rings is 1. The van der Waals surface area contributed by atoms with Crippen molar-refractivity contribution < 1.29 is 28.2 Å². The number of rotatable bonds is 17. The van der Waals surface area contributed by atoms with Gasteiger partial charge < -0.3 is 33.7 Å². The first-order valence-electron chi connectivity index (χ1n) is 27.7. The van der Waals surface area contributed by atoms with Crippen LogP contribution in [0.25, 0.3) is 33.2 Å². The Hall–Kier alpha value is -5.98. The Balaban J connectivity index is 0.691. The average molecular weight is 1050 g/mol. The monoisotopic (exact) mass is 1050 g/mol. The van der Waals surface area contributed by atoms with Crippen molar-refractivity contribution >= 4 is 59.2 Å². The van der Waals surface area contributed by atoms with Crippen LogP contribution in [0.2, 0.25) is 25.7 Å². The summed E-state index contributed by atoms with van der Waals surface area (Å²) in [7, 11) is 2.65. The molecule has 15 nitrogen and oxygen atoms in total. The molecule has 76 heavy (non-hydrogen) atoms. The molecule has 4 saturated heterocycles. The van der Waals surface area contributed by atoms with E-state index >= 15 is 4.39 Å². The number of carbonyl (C=O) groups excluding carboxylic acids is 3. The van der Waals surface area contributed by atoms with E-state index in [2.05, 4.69) is 111 Å². The average Bonchev–Trinajstić information content (AvgIpc) is 3.97. The summed E-state index contributed by atoms with van der Waals surface area (Å²) >= 11 is 0. The van der Waals surface area contributed by atoms with Gasteiger partial charge >= 0.3 is 0 Å². The number of benzene rings is 3. The summed E-state index contributed by atoms with van der Waals surface area (Å²) in [5.74, 6) is 0.967. The molecule has 0 spiro atoms. The minimum absolute atomic E-state index is 0.117. The van der Waals surface area contributed by atoms with Gasteiger partial charge in [0.25, 0.3) is 5.91 Å². The predicted molar refractivity (Wildman–Crippen MR) is 301 cm³/mol. The second-order valence-electron chi connectivity index (χ2n) is 23.0. The van der Waals surface area contributed by atoms with Gasteiger partial charge in [0.15, 0.2) is 0 Å². The molecule has 4 aliphatic heterocycles. The first-order chi connectivity index (χ1) is 36.6. The number of piperazine rings is 1. The minimum Gasteiger partial charge on any atom is -0.374 e. The summed E-state index contributed by atoms with van der Waals surface area (Å²) in [4.78, 5) is 56.6. The summed E-state index contributed by atoms with van der Waals surface area (Å²) in [5, 5.41) is 6.54. The summed E-state index contributed by atoms with van der Waals surface area (Å²) < 4.78 is 31.7. The molecule has 3 aromatic heterocycles. The van der Waals surface area contributed by atoms with Crippen LogP contribution < -0.4 is 15.5 Å². The second-order valence-corrected chi connectivity index (χ2v) is 28.6. The van der Waals surface area contributed by atoms with Crippen molar-refractivity contribution in [3.63, 3.8) is 0 Å². The SMILES string of the molecule is CO[C@@H](C)c1nc2cc(-c3ccnc4c3cc([C@H](C)N3CCC(c5ccc(C(=O)N6CCC(CN7CCN(c8ccc(NC9CCC(=O)NC9=O)cc8F)CC7)CC6)cc5)CC3)n4C)ccc2n1COCC[Si](C)(C)C. The molecule has 7 heterocycles. The molecule has 1 unspecified atom stereocenters. The highest BCUT2D eigenvalue weighted by molar-refractivity contribution is 6.76. The molecule has 17 heteroatoms. The van der Waals surface area contributed by atoms with E-state index in [9.17, 15) is 14.4 Å². The number of hydrogen-bond acceptors (Lipinski definition) is 11. The van der Waals surface area contributed by atoms with Crippen LogP contribution in [0.5, 0.6) is 0 Å². The zero-order valence-electron chi connectivity index (χ0n) is 45.6. The van der Waals surface area contributed by atoms with Crippen LogP contribution in [0.1, 0.15) is 97.9 Å². The number of anilines is 2. The number of hydrogen-bond donors (Lipinski definition) is 2. The molecule has 0 radical (unpaired) electrons. The Morgan fingerprint density at radius 1 is 0.882 bits per heavy atom. The smallest absolute Gasteiger partial charge is 0.253 e. The number of aromatic nitrogens is 4. The van der Waals surface area contributed by atoms with Gasteiger partial charge in [-0.2, -0.15) is 0 Å². The van der Waals surface area contributed by atoms with Crippen molar-refractivity contribution in [3.8, 4) is 11.1 Å². The van der Waals surface area contributed by atoms with E-state index in [0.29, 0.717) is 36.4 Å². The molecule has 3 atom stereocenters. The van der Waals surface area contributed by atoms with Gasteiger partial charge in [0.05, 0.1) is 16.7 Å². The molecule has 10 rings (SSSR count). The lowest BCUT2D eigenvalue weighted by atomic mass is 9.88. The van der Waals surface area contributed by atoms with Crippen LogP contribution in [0.3, 0.4) is 0 Å². The Morgan fingerprint density at radius 3 is 2.33 bits per heavy atom. The first-order valence-corrected chi connectivity index (χ1v) is 31.4. The summed E-state index contributed by atoms with van der Waals surface area (Å²) in [6.45, 7) is 20.3. The molecular formula is C59H77FN10O5Si. The highest BCUT2D eigenvalue weighted by Crippen LogP contribution is 2.38. The molecule has 3 aromatic carbocycles. The van der Waals surface area contributed by atoms with Crippen molar-refractivity contribution in [2.75, 3.05) is 82.8 Å². The first kappa shape index (κ1) is 53.4. The highest BCUT2D eigenvalue weighted by Gasteiger charge is 2.31. The lowest BCUT2D eigenvalue weighted by Crippen LogP contribution is -2.49. The van der Waals surface area contributed by atoms with E-state index in [-0.39, 0.29) is 42.1 Å². The van der Waals surface area contributed by atoms with E-state index in [1.54, 1.807) is 19.2 Å². The molecule has 404 valence electrons. The van der Waals surface area contributed by atoms with Crippen molar-refractivity contribution in [3.05, 3.63) is 107 Å². The number of imide groups is 1. The summed E-state index contributed by atoms with van der Waals surface area (Å²) in [5.41, 5.74) is 9.58. The maximum Gasteiger partial charge on any atom is 0.253 e. The zero-order chi connectivity index (χ0) is 53.3. The second kappa shape index (κ2) is 22.9. The van der Waals surface area contributed by atoms with Gasteiger partial charge in [0.1, 0.15) is 36.2 Å². The Labute approximate surface area is 448 Å². The highest BCUT2D eigenvalue weighted by atomic mass is 28.3. The fourth-order valence-corrected chi connectivity index (χ4v) is 12.7. The third-order valence-electron chi connectivity index (χ3n) is 16.8. The normalized spacial score (nSPS) is 19.7. The largest absolute Gasteiger partial charge is 0.374 e. The van der Waals surface area contributed by atoms with Gasteiger partial charge in [0.2, 0.25) is 11.8 Å². The molecule has 2 N–H and O–H groups in total. The molecule has 0 bridgehead atoms. The third-order valence-corrected chi connectivity index (χ3v) is 18.5. The van der Waals surface area contributed by atoms with Crippen LogP contribution >= 0.6 is 0 Å². The van der Waals surface area contributed by atoms with Gasteiger partial charge in [-0.1, -0.05) is 37.8 Å². The third kappa shape index (κ3) is 11.8. The predicted octanol–water partition coefficient (Wildman–Crippen LogP) is 9.58. The Bertz CT molecular complexity index is 3040.